The number of aryl methyl sites for hydroxylation is 1. The van der Waals surface area contributed by atoms with Crippen LogP contribution in [0.1, 0.15) is 36.9 Å². The highest BCUT2D eigenvalue weighted by molar-refractivity contribution is 7.11. The van der Waals surface area contributed by atoms with Gasteiger partial charge in [-0.05, 0) is 24.5 Å². The second-order valence-corrected chi connectivity index (χ2v) is 5.60. The van der Waals surface area contributed by atoms with Crippen LogP contribution in [0.3, 0.4) is 0 Å². The van der Waals surface area contributed by atoms with Crippen molar-refractivity contribution in [1.82, 2.24) is 5.32 Å². The zero-order valence-electron chi connectivity index (χ0n) is 10.8. The average Bonchev–Trinajstić information content (AvgIpc) is 2.81. The predicted octanol–water partition coefficient (Wildman–Crippen LogP) is 2.30. The molecule has 2 unspecified atom stereocenters. The van der Waals surface area contributed by atoms with Gasteiger partial charge in [-0.1, -0.05) is 27.2 Å². The summed E-state index contributed by atoms with van der Waals surface area (Å²) in [7, 11) is 0. The van der Waals surface area contributed by atoms with Crippen LogP contribution in [0.5, 0.6) is 0 Å². The lowest BCUT2D eigenvalue weighted by Crippen LogP contribution is -2.44. The second-order valence-electron chi connectivity index (χ2n) is 4.35. The van der Waals surface area contributed by atoms with Crippen molar-refractivity contribution in [3.05, 3.63) is 21.9 Å². The number of rotatable bonds is 6. The molecule has 0 saturated heterocycles. The number of amides is 1. The molecule has 1 aromatic heterocycles. The SMILES string of the molecule is CCc1ccc(CNC(=O)C(N)C(C)CC)s1. The van der Waals surface area contributed by atoms with Gasteiger partial charge in [0.05, 0.1) is 12.6 Å². The zero-order valence-corrected chi connectivity index (χ0v) is 11.6. The first-order valence-corrected chi connectivity index (χ1v) is 7.01. The van der Waals surface area contributed by atoms with Gasteiger partial charge in [0, 0.05) is 9.75 Å². The molecule has 0 spiro atoms. The van der Waals surface area contributed by atoms with Crippen molar-refractivity contribution in [2.75, 3.05) is 0 Å². The van der Waals surface area contributed by atoms with Crippen LogP contribution in [0, 0.1) is 5.92 Å². The number of nitrogens with two attached hydrogens (primary N) is 1. The van der Waals surface area contributed by atoms with Gasteiger partial charge in [0.1, 0.15) is 0 Å². The summed E-state index contributed by atoms with van der Waals surface area (Å²) < 4.78 is 0. The molecule has 0 bridgehead atoms. The molecule has 0 aliphatic rings. The van der Waals surface area contributed by atoms with E-state index in [4.69, 9.17) is 5.73 Å². The highest BCUT2D eigenvalue weighted by Gasteiger charge is 2.18. The zero-order chi connectivity index (χ0) is 12.8. The van der Waals surface area contributed by atoms with Gasteiger partial charge in [0.2, 0.25) is 5.91 Å². The standard InChI is InChI=1S/C13H22N2OS/c1-4-9(3)12(14)13(16)15-8-11-7-6-10(5-2)17-11/h6-7,9,12H,4-5,8,14H2,1-3H3,(H,15,16). The van der Waals surface area contributed by atoms with Crippen LogP contribution in [-0.2, 0) is 17.8 Å². The molecule has 17 heavy (non-hydrogen) atoms. The first-order valence-electron chi connectivity index (χ1n) is 6.19. The molecule has 0 radical (unpaired) electrons. The van der Waals surface area contributed by atoms with Crippen LogP contribution < -0.4 is 11.1 Å². The molecule has 1 rings (SSSR count). The van der Waals surface area contributed by atoms with E-state index in [1.807, 2.05) is 13.8 Å². The summed E-state index contributed by atoms with van der Waals surface area (Å²) in [4.78, 5) is 14.3. The van der Waals surface area contributed by atoms with E-state index in [0.29, 0.717) is 6.54 Å². The summed E-state index contributed by atoms with van der Waals surface area (Å²) in [5.41, 5.74) is 5.86. The van der Waals surface area contributed by atoms with E-state index in [9.17, 15) is 4.79 Å². The molecule has 4 heteroatoms. The molecule has 1 heterocycles. The van der Waals surface area contributed by atoms with Crippen molar-refractivity contribution in [2.45, 2.75) is 46.2 Å². The minimum absolute atomic E-state index is 0.0502. The molecule has 0 aliphatic carbocycles. The fraction of sp³-hybridized carbons (Fsp3) is 0.615. The van der Waals surface area contributed by atoms with E-state index < -0.39 is 6.04 Å². The van der Waals surface area contributed by atoms with E-state index in [1.54, 1.807) is 11.3 Å². The van der Waals surface area contributed by atoms with Crippen LogP contribution in [-0.4, -0.2) is 11.9 Å². The van der Waals surface area contributed by atoms with Crippen LogP contribution >= 0.6 is 11.3 Å². The van der Waals surface area contributed by atoms with Gasteiger partial charge in [-0.25, -0.2) is 0 Å². The molecule has 3 N–H and O–H groups in total. The summed E-state index contributed by atoms with van der Waals surface area (Å²) in [5.74, 6) is 0.176. The number of carbonyl (C=O) groups is 1. The Morgan fingerprint density at radius 2 is 2.06 bits per heavy atom. The molecule has 0 aliphatic heterocycles. The summed E-state index contributed by atoms with van der Waals surface area (Å²) in [6, 6.07) is 3.78. The topological polar surface area (TPSA) is 55.1 Å². The van der Waals surface area contributed by atoms with Gasteiger partial charge in [-0.3, -0.25) is 4.79 Å². The molecule has 2 atom stereocenters. The van der Waals surface area contributed by atoms with E-state index >= 15 is 0 Å². The summed E-state index contributed by atoms with van der Waals surface area (Å²) in [6.07, 6.45) is 1.97. The van der Waals surface area contributed by atoms with E-state index in [-0.39, 0.29) is 11.8 Å². The van der Waals surface area contributed by atoms with Crippen LogP contribution in [0.2, 0.25) is 0 Å². The highest BCUT2D eigenvalue weighted by Crippen LogP contribution is 2.16. The van der Waals surface area contributed by atoms with E-state index in [2.05, 4.69) is 24.4 Å². The minimum atomic E-state index is -0.398. The van der Waals surface area contributed by atoms with Gasteiger partial charge >= 0.3 is 0 Å². The molecule has 0 saturated carbocycles. The number of thiophene rings is 1. The second kappa shape index (κ2) is 6.77. The van der Waals surface area contributed by atoms with Crippen LogP contribution in [0.15, 0.2) is 12.1 Å². The van der Waals surface area contributed by atoms with Crippen molar-refractivity contribution >= 4 is 17.2 Å². The van der Waals surface area contributed by atoms with Gasteiger partial charge in [0.25, 0.3) is 0 Å². The lowest BCUT2D eigenvalue weighted by molar-refractivity contribution is -0.123. The quantitative estimate of drug-likeness (QED) is 0.818. The monoisotopic (exact) mass is 254 g/mol. The van der Waals surface area contributed by atoms with Crippen molar-refractivity contribution in [1.29, 1.82) is 0 Å². The van der Waals surface area contributed by atoms with E-state index in [1.165, 1.54) is 9.75 Å². The third kappa shape index (κ3) is 4.13. The Kier molecular flexibility index (Phi) is 5.65. The molecule has 0 aromatic carbocycles. The number of nitrogens with one attached hydrogen (secondary N) is 1. The normalized spacial score (nSPS) is 14.4. The molecule has 96 valence electrons. The van der Waals surface area contributed by atoms with E-state index in [0.717, 1.165) is 12.8 Å². The van der Waals surface area contributed by atoms with Crippen molar-refractivity contribution in [2.24, 2.45) is 11.7 Å². The Hall–Kier alpha value is -0.870. The first kappa shape index (κ1) is 14.2. The molecular formula is C13H22N2OS. The molecular weight excluding hydrogens is 232 g/mol. The number of hydrogen-bond donors (Lipinski definition) is 2. The maximum atomic E-state index is 11.8. The third-order valence-electron chi connectivity index (χ3n) is 3.06. The predicted molar refractivity (Wildman–Crippen MR) is 73.0 cm³/mol. The van der Waals surface area contributed by atoms with Crippen molar-refractivity contribution < 1.29 is 4.79 Å². The van der Waals surface area contributed by atoms with Gasteiger partial charge in [-0.2, -0.15) is 0 Å². The lowest BCUT2D eigenvalue weighted by atomic mass is 9.99. The summed E-state index contributed by atoms with van der Waals surface area (Å²) >= 11 is 1.75. The Morgan fingerprint density at radius 1 is 1.41 bits per heavy atom. The fourth-order valence-corrected chi connectivity index (χ4v) is 2.41. The maximum Gasteiger partial charge on any atom is 0.237 e. The van der Waals surface area contributed by atoms with Gasteiger partial charge < -0.3 is 11.1 Å². The van der Waals surface area contributed by atoms with Crippen LogP contribution in [0.25, 0.3) is 0 Å². The molecule has 1 amide bonds. The largest absolute Gasteiger partial charge is 0.350 e. The fourth-order valence-electron chi connectivity index (χ4n) is 1.51. The lowest BCUT2D eigenvalue weighted by Gasteiger charge is -2.17. The smallest absolute Gasteiger partial charge is 0.237 e. The van der Waals surface area contributed by atoms with Crippen molar-refractivity contribution in [3.63, 3.8) is 0 Å². The van der Waals surface area contributed by atoms with Gasteiger partial charge in [-0.15, -0.1) is 11.3 Å². The Balaban J connectivity index is 2.42. The van der Waals surface area contributed by atoms with Crippen molar-refractivity contribution in [3.8, 4) is 0 Å². The number of carbonyl (C=O) groups excluding carboxylic acids is 1. The molecule has 1 aromatic rings. The number of hydrogen-bond acceptors (Lipinski definition) is 3. The Bertz CT molecular complexity index is 362. The summed E-state index contributed by atoms with van der Waals surface area (Å²) in [5, 5.41) is 2.90. The Labute approximate surface area is 107 Å². The third-order valence-corrected chi connectivity index (χ3v) is 4.29. The maximum absolute atomic E-state index is 11.8. The highest BCUT2D eigenvalue weighted by atomic mass is 32.1. The minimum Gasteiger partial charge on any atom is -0.350 e. The van der Waals surface area contributed by atoms with Gasteiger partial charge in [0.15, 0.2) is 0 Å². The summed E-state index contributed by atoms with van der Waals surface area (Å²) in [6.45, 7) is 6.77. The van der Waals surface area contributed by atoms with Crippen LogP contribution in [0.4, 0.5) is 0 Å². The first-order chi connectivity index (χ1) is 8.08. The Morgan fingerprint density at radius 3 is 2.59 bits per heavy atom. The average molecular weight is 254 g/mol. The molecule has 3 nitrogen and oxygen atoms in total. The molecule has 0 fully saturated rings.